The molecule has 0 bridgehead atoms. The molecular weight excluding hydrogens is 256 g/mol. The molecule has 0 spiro atoms. The Morgan fingerprint density at radius 2 is 2.21 bits per heavy atom. The molecule has 1 N–H and O–H groups in total. The molecule has 0 amide bonds. The number of aliphatic hydroxyl groups excluding tert-OH is 1. The van der Waals surface area contributed by atoms with Gasteiger partial charge in [-0.25, -0.2) is 0 Å². The van der Waals surface area contributed by atoms with Gasteiger partial charge < -0.3 is 10.0 Å². The number of nitrogens with zero attached hydrogens (tertiary/aromatic N) is 2. The van der Waals surface area contributed by atoms with Crippen LogP contribution in [0.2, 0.25) is 0 Å². The van der Waals surface area contributed by atoms with Crippen LogP contribution in [0.25, 0.3) is 0 Å². The standard InChI is InChI=1S/C15H26N2OS/c1-12(2)9-16-6-7-17(13(3)10-16)14(11-18)15-5-4-8-19-15/h4-5,8,12-14,18H,6-7,9-11H2,1-3H3. The summed E-state index contributed by atoms with van der Waals surface area (Å²) >= 11 is 1.75. The van der Waals surface area contributed by atoms with Crippen LogP contribution in [-0.2, 0) is 0 Å². The van der Waals surface area contributed by atoms with Crippen molar-refractivity contribution in [3.8, 4) is 0 Å². The van der Waals surface area contributed by atoms with Crippen molar-refractivity contribution in [1.82, 2.24) is 9.80 Å². The highest BCUT2D eigenvalue weighted by Crippen LogP contribution is 2.28. The molecule has 2 atom stereocenters. The molecule has 19 heavy (non-hydrogen) atoms. The third-order valence-corrected chi connectivity index (χ3v) is 4.80. The van der Waals surface area contributed by atoms with E-state index in [4.69, 9.17) is 0 Å². The zero-order chi connectivity index (χ0) is 13.8. The first-order valence-corrected chi connectivity index (χ1v) is 8.12. The second-order valence-corrected chi connectivity index (χ2v) is 6.93. The van der Waals surface area contributed by atoms with Crippen LogP contribution >= 0.6 is 11.3 Å². The minimum absolute atomic E-state index is 0.177. The average molecular weight is 282 g/mol. The summed E-state index contributed by atoms with van der Waals surface area (Å²) < 4.78 is 0. The Bertz CT molecular complexity index is 366. The van der Waals surface area contributed by atoms with Crippen molar-refractivity contribution < 1.29 is 5.11 Å². The first-order valence-electron chi connectivity index (χ1n) is 7.24. The van der Waals surface area contributed by atoms with Gasteiger partial charge in [-0.05, 0) is 24.3 Å². The molecule has 1 aliphatic heterocycles. The second kappa shape index (κ2) is 6.84. The maximum absolute atomic E-state index is 9.73. The predicted octanol–water partition coefficient (Wildman–Crippen LogP) is 2.44. The lowest BCUT2D eigenvalue weighted by Gasteiger charge is -2.43. The number of thiophene rings is 1. The van der Waals surface area contributed by atoms with Crippen LogP contribution in [0.4, 0.5) is 0 Å². The fraction of sp³-hybridized carbons (Fsp3) is 0.733. The van der Waals surface area contributed by atoms with E-state index >= 15 is 0 Å². The maximum Gasteiger partial charge on any atom is 0.0677 e. The molecule has 108 valence electrons. The molecule has 1 fully saturated rings. The van der Waals surface area contributed by atoms with Gasteiger partial charge >= 0.3 is 0 Å². The fourth-order valence-corrected chi connectivity index (χ4v) is 3.87. The third kappa shape index (κ3) is 3.78. The second-order valence-electron chi connectivity index (χ2n) is 5.95. The van der Waals surface area contributed by atoms with Crippen molar-refractivity contribution in [1.29, 1.82) is 0 Å². The molecule has 0 radical (unpaired) electrons. The van der Waals surface area contributed by atoms with E-state index in [9.17, 15) is 5.11 Å². The van der Waals surface area contributed by atoms with Crippen LogP contribution in [0.5, 0.6) is 0 Å². The number of aliphatic hydroxyl groups is 1. The molecule has 2 heterocycles. The summed E-state index contributed by atoms with van der Waals surface area (Å²) in [6.07, 6.45) is 0. The van der Waals surface area contributed by atoms with Crippen LogP contribution in [0.3, 0.4) is 0 Å². The van der Waals surface area contributed by atoms with Gasteiger partial charge in [-0.3, -0.25) is 4.90 Å². The highest BCUT2D eigenvalue weighted by atomic mass is 32.1. The van der Waals surface area contributed by atoms with E-state index in [1.807, 2.05) is 0 Å². The van der Waals surface area contributed by atoms with Crippen LogP contribution in [0.15, 0.2) is 17.5 Å². The zero-order valence-electron chi connectivity index (χ0n) is 12.2. The van der Waals surface area contributed by atoms with E-state index in [0.717, 1.165) is 25.6 Å². The number of rotatable bonds is 5. The number of hydrogen-bond donors (Lipinski definition) is 1. The Kier molecular flexibility index (Phi) is 5.39. The Balaban J connectivity index is 1.98. The summed E-state index contributed by atoms with van der Waals surface area (Å²) in [5.74, 6) is 0.727. The molecule has 4 heteroatoms. The zero-order valence-corrected chi connectivity index (χ0v) is 13.1. The number of hydrogen-bond acceptors (Lipinski definition) is 4. The molecule has 1 saturated heterocycles. The van der Waals surface area contributed by atoms with Crippen molar-refractivity contribution in [3.05, 3.63) is 22.4 Å². The Hall–Kier alpha value is -0.420. The highest BCUT2D eigenvalue weighted by Gasteiger charge is 2.30. The van der Waals surface area contributed by atoms with Crippen molar-refractivity contribution in [2.24, 2.45) is 5.92 Å². The number of piperazine rings is 1. The van der Waals surface area contributed by atoms with Gasteiger partial charge in [0.15, 0.2) is 0 Å². The van der Waals surface area contributed by atoms with E-state index < -0.39 is 0 Å². The average Bonchev–Trinajstić information content (AvgIpc) is 2.85. The van der Waals surface area contributed by atoms with Gasteiger partial charge in [0, 0.05) is 37.1 Å². The van der Waals surface area contributed by atoms with Crippen molar-refractivity contribution >= 4 is 11.3 Å². The van der Waals surface area contributed by atoms with E-state index in [-0.39, 0.29) is 12.6 Å². The summed E-state index contributed by atoms with van der Waals surface area (Å²) in [5, 5.41) is 11.8. The van der Waals surface area contributed by atoms with Crippen molar-refractivity contribution in [2.45, 2.75) is 32.9 Å². The van der Waals surface area contributed by atoms with Gasteiger partial charge in [0.1, 0.15) is 0 Å². The molecule has 1 aromatic heterocycles. The SMILES string of the molecule is CC(C)CN1CCN(C(CO)c2cccs2)C(C)C1. The van der Waals surface area contributed by atoms with Crippen molar-refractivity contribution in [2.75, 3.05) is 32.8 Å². The van der Waals surface area contributed by atoms with Crippen LogP contribution in [0, 0.1) is 5.92 Å². The van der Waals surface area contributed by atoms with Gasteiger partial charge in [-0.1, -0.05) is 19.9 Å². The molecule has 0 aromatic carbocycles. The smallest absolute Gasteiger partial charge is 0.0677 e. The highest BCUT2D eigenvalue weighted by molar-refractivity contribution is 7.10. The quantitative estimate of drug-likeness (QED) is 0.898. The summed E-state index contributed by atoms with van der Waals surface area (Å²) in [6, 6.07) is 4.89. The van der Waals surface area contributed by atoms with Gasteiger partial charge in [-0.15, -0.1) is 11.3 Å². The van der Waals surface area contributed by atoms with Gasteiger partial charge in [-0.2, -0.15) is 0 Å². The Morgan fingerprint density at radius 3 is 2.74 bits per heavy atom. The predicted molar refractivity (Wildman–Crippen MR) is 81.6 cm³/mol. The molecule has 1 aromatic rings. The lowest BCUT2D eigenvalue weighted by Crippen LogP contribution is -2.54. The van der Waals surface area contributed by atoms with E-state index in [0.29, 0.717) is 6.04 Å². The topological polar surface area (TPSA) is 26.7 Å². The summed E-state index contributed by atoms with van der Waals surface area (Å²) in [7, 11) is 0. The van der Waals surface area contributed by atoms with E-state index in [1.54, 1.807) is 11.3 Å². The molecule has 2 rings (SSSR count). The minimum atomic E-state index is 0.177. The summed E-state index contributed by atoms with van der Waals surface area (Å²) in [4.78, 5) is 6.30. The monoisotopic (exact) mass is 282 g/mol. The first kappa shape index (κ1) is 15.0. The molecule has 2 unspecified atom stereocenters. The largest absolute Gasteiger partial charge is 0.394 e. The summed E-state index contributed by atoms with van der Waals surface area (Å²) in [5.41, 5.74) is 0. The maximum atomic E-state index is 9.73. The van der Waals surface area contributed by atoms with Crippen LogP contribution in [-0.4, -0.2) is 53.7 Å². The molecule has 0 aliphatic carbocycles. The Morgan fingerprint density at radius 1 is 1.42 bits per heavy atom. The van der Waals surface area contributed by atoms with Crippen molar-refractivity contribution in [3.63, 3.8) is 0 Å². The molecular formula is C15H26N2OS. The first-order chi connectivity index (χ1) is 9.11. The third-order valence-electron chi connectivity index (χ3n) is 3.83. The molecule has 1 aliphatic rings. The van der Waals surface area contributed by atoms with E-state index in [2.05, 4.69) is 48.1 Å². The van der Waals surface area contributed by atoms with Gasteiger partial charge in [0.2, 0.25) is 0 Å². The normalized spacial score (nSPS) is 23.9. The Labute approximate surface area is 120 Å². The molecule has 0 saturated carbocycles. The van der Waals surface area contributed by atoms with Crippen LogP contribution < -0.4 is 0 Å². The summed E-state index contributed by atoms with van der Waals surface area (Å²) in [6.45, 7) is 11.5. The van der Waals surface area contributed by atoms with Crippen LogP contribution in [0.1, 0.15) is 31.7 Å². The lowest BCUT2D eigenvalue weighted by atomic mass is 10.1. The lowest BCUT2D eigenvalue weighted by molar-refractivity contribution is 0.0228. The van der Waals surface area contributed by atoms with Gasteiger partial charge in [0.25, 0.3) is 0 Å². The van der Waals surface area contributed by atoms with Gasteiger partial charge in [0.05, 0.1) is 12.6 Å². The fourth-order valence-electron chi connectivity index (χ4n) is 3.03. The molecule has 3 nitrogen and oxygen atoms in total. The minimum Gasteiger partial charge on any atom is -0.394 e. The van der Waals surface area contributed by atoms with E-state index in [1.165, 1.54) is 11.4 Å².